The average molecular weight is 385 g/mol. The largest absolute Gasteiger partial charge is 0.405 e. The summed E-state index contributed by atoms with van der Waals surface area (Å²) in [6, 6.07) is 14.1. The lowest BCUT2D eigenvalue weighted by molar-refractivity contribution is -0.138. The van der Waals surface area contributed by atoms with Crippen molar-refractivity contribution in [1.29, 1.82) is 0 Å². The van der Waals surface area contributed by atoms with Crippen molar-refractivity contribution in [2.75, 3.05) is 6.54 Å². The molecule has 0 aliphatic rings. The van der Waals surface area contributed by atoms with E-state index in [1.165, 1.54) is 6.07 Å². The lowest BCUT2D eigenvalue weighted by Crippen LogP contribution is -2.37. The molecule has 0 fully saturated rings. The zero-order valence-corrected chi connectivity index (χ0v) is 14.3. The molecule has 0 aromatic heterocycles. The first-order valence-electron chi connectivity index (χ1n) is 7.70. The second kappa shape index (κ2) is 8.71. The molecule has 0 spiro atoms. The van der Waals surface area contributed by atoms with Crippen LogP contribution < -0.4 is 10.6 Å². The van der Waals surface area contributed by atoms with Crippen molar-refractivity contribution in [2.45, 2.75) is 18.6 Å². The molecule has 0 saturated heterocycles. The van der Waals surface area contributed by atoms with E-state index in [0.717, 1.165) is 0 Å². The van der Waals surface area contributed by atoms with Crippen LogP contribution in [0.2, 0.25) is 5.02 Å². The topological polar surface area (TPSA) is 58.2 Å². The number of carbonyl (C=O) groups is 2. The van der Waals surface area contributed by atoms with Crippen LogP contribution >= 0.6 is 11.6 Å². The number of benzene rings is 2. The fraction of sp³-hybridized carbons (Fsp3) is 0.222. The molecule has 0 aliphatic carbocycles. The Labute approximate surface area is 153 Å². The summed E-state index contributed by atoms with van der Waals surface area (Å²) in [7, 11) is 0. The minimum absolute atomic E-state index is 0.214. The van der Waals surface area contributed by atoms with Crippen molar-refractivity contribution in [3.8, 4) is 0 Å². The molecule has 0 radical (unpaired) electrons. The van der Waals surface area contributed by atoms with Crippen LogP contribution in [0, 0.1) is 0 Å². The summed E-state index contributed by atoms with van der Waals surface area (Å²) in [6.07, 6.45) is -4.84. The van der Waals surface area contributed by atoms with Gasteiger partial charge in [-0.15, -0.1) is 0 Å². The van der Waals surface area contributed by atoms with Crippen molar-refractivity contribution in [3.63, 3.8) is 0 Å². The van der Waals surface area contributed by atoms with Crippen LogP contribution in [0.15, 0.2) is 54.6 Å². The van der Waals surface area contributed by atoms with Gasteiger partial charge in [0.25, 0.3) is 5.91 Å². The summed E-state index contributed by atoms with van der Waals surface area (Å²) in [6.45, 7) is -1.42. The Bertz CT molecular complexity index is 767. The van der Waals surface area contributed by atoms with E-state index in [1.54, 1.807) is 53.8 Å². The third-order valence-corrected chi connectivity index (χ3v) is 3.83. The van der Waals surface area contributed by atoms with E-state index in [-0.39, 0.29) is 17.0 Å². The van der Waals surface area contributed by atoms with Crippen molar-refractivity contribution < 1.29 is 22.8 Å². The molecule has 0 heterocycles. The molecule has 4 nitrogen and oxygen atoms in total. The van der Waals surface area contributed by atoms with Gasteiger partial charge in [0.15, 0.2) is 0 Å². The number of amides is 2. The number of halogens is 4. The maximum absolute atomic E-state index is 12.4. The molecule has 0 bridgehead atoms. The number of nitrogens with one attached hydrogen (secondary N) is 2. The SMILES string of the molecule is O=C(C[C@H](NC(=O)c1ccccc1Cl)c1ccccc1)NCC(F)(F)F. The molecule has 8 heteroatoms. The van der Waals surface area contributed by atoms with Gasteiger partial charge in [0, 0.05) is 0 Å². The zero-order valence-electron chi connectivity index (χ0n) is 13.5. The Morgan fingerprint density at radius 2 is 1.62 bits per heavy atom. The van der Waals surface area contributed by atoms with Gasteiger partial charge in [-0.05, 0) is 17.7 Å². The highest BCUT2D eigenvalue weighted by molar-refractivity contribution is 6.33. The number of alkyl halides is 3. The predicted octanol–water partition coefficient (Wildman–Crippen LogP) is 3.88. The summed E-state index contributed by atoms with van der Waals surface area (Å²) in [5, 5.41) is 4.69. The van der Waals surface area contributed by atoms with Gasteiger partial charge in [-0.1, -0.05) is 54.1 Å². The van der Waals surface area contributed by atoms with Gasteiger partial charge in [0.2, 0.25) is 5.91 Å². The molecule has 138 valence electrons. The third-order valence-electron chi connectivity index (χ3n) is 3.50. The Hall–Kier alpha value is -2.54. The van der Waals surface area contributed by atoms with Crippen LogP contribution in [0.4, 0.5) is 13.2 Å². The molecule has 2 aromatic carbocycles. The average Bonchev–Trinajstić information content (AvgIpc) is 2.60. The van der Waals surface area contributed by atoms with Crippen LogP contribution in [0.3, 0.4) is 0 Å². The van der Waals surface area contributed by atoms with Crippen molar-refractivity contribution in [1.82, 2.24) is 10.6 Å². The van der Waals surface area contributed by atoms with Gasteiger partial charge in [-0.25, -0.2) is 0 Å². The number of carbonyl (C=O) groups excluding carboxylic acids is 2. The molecular formula is C18H16ClF3N2O2. The summed E-state index contributed by atoms with van der Waals surface area (Å²) in [4.78, 5) is 24.3. The van der Waals surface area contributed by atoms with Gasteiger partial charge in [-0.2, -0.15) is 13.2 Å². The summed E-state index contributed by atoms with van der Waals surface area (Å²) in [5.74, 6) is -1.34. The van der Waals surface area contributed by atoms with Crippen molar-refractivity contribution in [2.24, 2.45) is 0 Å². The molecule has 2 amide bonds. The summed E-state index contributed by atoms with van der Waals surface area (Å²) in [5.41, 5.74) is 0.806. The fourth-order valence-electron chi connectivity index (χ4n) is 2.28. The van der Waals surface area contributed by atoms with E-state index in [0.29, 0.717) is 5.56 Å². The van der Waals surface area contributed by atoms with Gasteiger partial charge in [0.05, 0.1) is 23.0 Å². The highest BCUT2D eigenvalue weighted by Gasteiger charge is 2.28. The Balaban J connectivity index is 2.13. The Morgan fingerprint density at radius 3 is 2.23 bits per heavy atom. The molecule has 1 atom stereocenters. The third kappa shape index (κ3) is 6.07. The van der Waals surface area contributed by atoms with Gasteiger partial charge in [-0.3, -0.25) is 9.59 Å². The first-order valence-corrected chi connectivity index (χ1v) is 8.08. The van der Waals surface area contributed by atoms with Crippen molar-refractivity contribution in [3.05, 3.63) is 70.7 Å². The van der Waals surface area contributed by atoms with E-state index in [1.807, 2.05) is 0 Å². The number of hydrogen-bond acceptors (Lipinski definition) is 2. The zero-order chi connectivity index (χ0) is 19.2. The first kappa shape index (κ1) is 19.8. The lowest BCUT2D eigenvalue weighted by Gasteiger charge is -2.20. The maximum atomic E-state index is 12.4. The van der Waals surface area contributed by atoms with Gasteiger partial charge < -0.3 is 10.6 Å². The molecular weight excluding hydrogens is 369 g/mol. The van der Waals surface area contributed by atoms with Crippen LogP contribution in [0.25, 0.3) is 0 Å². The molecule has 2 N–H and O–H groups in total. The normalized spacial score (nSPS) is 12.3. The van der Waals surface area contributed by atoms with Crippen LogP contribution in [-0.4, -0.2) is 24.5 Å². The van der Waals surface area contributed by atoms with Crippen LogP contribution in [-0.2, 0) is 4.79 Å². The monoisotopic (exact) mass is 384 g/mol. The first-order chi connectivity index (χ1) is 12.3. The number of hydrogen-bond donors (Lipinski definition) is 2. The molecule has 0 unspecified atom stereocenters. The molecule has 2 rings (SSSR count). The lowest BCUT2D eigenvalue weighted by atomic mass is 10.0. The van der Waals surface area contributed by atoms with Crippen LogP contribution in [0.5, 0.6) is 0 Å². The second-order valence-corrected chi connectivity index (χ2v) is 5.92. The quantitative estimate of drug-likeness (QED) is 0.794. The highest BCUT2D eigenvalue weighted by Crippen LogP contribution is 2.20. The molecule has 26 heavy (non-hydrogen) atoms. The Kier molecular flexibility index (Phi) is 6.63. The van der Waals surface area contributed by atoms with E-state index in [2.05, 4.69) is 5.32 Å². The van der Waals surface area contributed by atoms with E-state index >= 15 is 0 Å². The molecule has 2 aromatic rings. The van der Waals surface area contributed by atoms with E-state index in [9.17, 15) is 22.8 Å². The summed E-state index contributed by atoms with van der Waals surface area (Å²) < 4.78 is 36.8. The highest BCUT2D eigenvalue weighted by atomic mass is 35.5. The smallest absolute Gasteiger partial charge is 0.347 e. The van der Waals surface area contributed by atoms with E-state index < -0.39 is 30.6 Å². The maximum Gasteiger partial charge on any atom is 0.405 e. The van der Waals surface area contributed by atoms with Gasteiger partial charge in [0.1, 0.15) is 6.54 Å². The standard InChI is InChI=1S/C18H16ClF3N2O2/c19-14-9-5-4-8-13(14)17(26)24-15(12-6-2-1-3-7-12)10-16(25)23-11-18(20,21)22/h1-9,15H,10-11H2,(H,23,25)(H,24,26)/t15-/m0/s1. The Morgan fingerprint density at radius 1 is 1.00 bits per heavy atom. The fourth-order valence-corrected chi connectivity index (χ4v) is 2.50. The molecule has 0 aliphatic heterocycles. The minimum atomic E-state index is -4.50. The summed E-state index contributed by atoms with van der Waals surface area (Å²) >= 11 is 5.99. The van der Waals surface area contributed by atoms with Crippen LogP contribution in [0.1, 0.15) is 28.4 Å². The van der Waals surface area contributed by atoms with E-state index in [4.69, 9.17) is 11.6 Å². The van der Waals surface area contributed by atoms with Crippen molar-refractivity contribution >= 4 is 23.4 Å². The minimum Gasteiger partial charge on any atom is -0.347 e. The number of rotatable bonds is 6. The molecule has 0 saturated carbocycles. The predicted molar refractivity (Wildman–Crippen MR) is 91.8 cm³/mol. The second-order valence-electron chi connectivity index (χ2n) is 5.51. The van der Waals surface area contributed by atoms with Gasteiger partial charge >= 0.3 is 6.18 Å².